The average Bonchev–Trinajstić information content (AvgIpc) is 3.37. The van der Waals surface area contributed by atoms with Crippen molar-refractivity contribution in [2.24, 2.45) is 0 Å². The predicted octanol–water partition coefficient (Wildman–Crippen LogP) is 4.59. The highest BCUT2D eigenvalue weighted by Gasteiger charge is 2.31. The van der Waals surface area contributed by atoms with Crippen molar-refractivity contribution < 1.29 is 22.8 Å². The standard InChI is InChI=1S/C28H23F3N8O2/c1-16(13-32)27(41)38-12-2-3-21(14-38)39-25-22(24(33)34-15-35-25)23(37-39)17-6-10-20(11-7-17)36-26(40)18-4-8-19(9-5-18)28(29,30)31/h4-11,15,21H,1-3,12,14H2,(H,36,40)(H2,33,34,35). The number of nitrogens with zero attached hydrogens (tertiary/aromatic N) is 6. The smallest absolute Gasteiger partial charge is 0.383 e. The van der Waals surface area contributed by atoms with E-state index in [2.05, 4.69) is 21.9 Å². The lowest BCUT2D eigenvalue weighted by Crippen LogP contribution is -2.41. The van der Waals surface area contributed by atoms with Gasteiger partial charge in [0, 0.05) is 29.9 Å². The number of alkyl halides is 3. The van der Waals surface area contributed by atoms with E-state index in [-0.39, 0.29) is 23.0 Å². The zero-order valence-electron chi connectivity index (χ0n) is 21.5. The minimum Gasteiger partial charge on any atom is -0.383 e. The molecule has 1 atom stereocenters. The summed E-state index contributed by atoms with van der Waals surface area (Å²) >= 11 is 0. The van der Waals surface area contributed by atoms with Gasteiger partial charge in [0.2, 0.25) is 0 Å². The van der Waals surface area contributed by atoms with Crippen molar-refractivity contribution in [1.82, 2.24) is 24.6 Å². The van der Waals surface area contributed by atoms with Crippen LogP contribution < -0.4 is 11.1 Å². The van der Waals surface area contributed by atoms with E-state index in [1.54, 1.807) is 39.9 Å². The highest BCUT2D eigenvalue weighted by Crippen LogP contribution is 2.34. The fourth-order valence-electron chi connectivity index (χ4n) is 4.75. The zero-order chi connectivity index (χ0) is 29.3. The molecule has 2 aromatic carbocycles. The van der Waals surface area contributed by atoms with E-state index in [1.165, 1.54) is 6.33 Å². The van der Waals surface area contributed by atoms with E-state index in [1.807, 2.05) is 0 Å². The number of carbonyl (C=O) groups is 2. The number of piperidine rings is 1. The van der Waals surface area contributed by atoms with Crippen molar-refractivity contribution in [3.8, 4) is 17.3 Å². The van der Waals surface area contributed by atoms with Gasteiger partial charge in [0.15, 0.2) is 5.65 Å². The lowest BCUT2D eigenvalue weighted by molar-refractivity contribution is -0.137. The molecule has 0 bridgehead atoms. The number of likely N-dealkylation sites (tertiary alicyclic amines) is 1. The van der Waals surface area contributed by atoms with E-state index in [9.17, 15) is 22.8 Å². The first kappa shape index (κ1) is 27.3. The van der Waals surface area contributed by atoms with Crippen LogP contribution in [0.15, 0.2) is 67.0 Å². The Kier molecular flexibility index (Phi) is 7.15. The van der Waals surface area contributed by atoms with E-state index < -0.39 is 23.6 Å². The molecule has 41 heavy (non-hydrogen) atoms. The van der Waals surface area contributed by atoms with Crippen LogP contribution in [0.5, 0.6) is 0 Å². The Labute approximate surface area is 231 Å². The second kappa shape index (κ2) is 10.7. The fourth-order valence-corrected chi connectivity index (χ4v) is 4.75. The van der Waals surface area contributed by atoms with Gasteiger partial charge in [-0.1, -0.05) is 18.7 Å². The minimum atomic E-state index is -4.49. The Bertz CT molecular complexity index is 1690. The van der Waals surface area contributed by atoms with Crippen LogP contribution in [0.1, 0.15) is 34.8 Å². The third-order valence-corrected chi connectivity index (χ3v) is 6.83. The van der Waals surface area contributed by atoms with E-state index in [0.717, 1.165) is 30.7 Å². The maximum atomic E-state index is 12.8. The second-order valence-corrected chi connectivity index (χ2v) is 9.49. The monoisotopic (exact) mass is 560 g/mol. The summed E-state index contributed by atoms with van der Waals surface area (Å²) in [5.74, 6) is -0.760. The molecule has 10 nitrogen and oxygen atoms in total. The average molecular weight is 561 g/mol. The van der Waals surface area contributed by atoms with Gasteiger partial charge in [-0.25, -0.2) is 14.6 Å². The van der Waals surface area contributed by atoms with Crippen LogP contribution in [0.4, 0.5) is 24.7 Å². The molecule has 13 heteroatoms. The molecule has 1 saturated heterocycles. The number of fused-ring (bicyclic) bond motifs is 1. The number of hydrogen-bond acceptors (Lipinski definition) is 7. The number of nitriles is 1. The summed E-state index contributed by atoms with van der Waals surface area (Å²) in [6.45, 7) is 4.34. The highest BCUT2D eigenvalue weighted by molar-refractivity contribution is 6.04. The SMILES string of the molecule is C=C(C#N)C(=O)N1CCCC(n2nc(-c3ccc(NC(=O)c4ccc(C(F)(F)F)cc4)cc3)c3c(N)ncnc32)C1. The molecule has 3 heterocycles. The third-order valence-electron chi connectivity index (χ3n) is 6.83. The molecule has 208 valence electrons. The van der Waals surface area contributed by atoms with Crippen LogP contribution in [0, 0.1) is 11.3 Å². The number of amides is 2. The van der Waals surface area contributed by atoms with Gasteiger partial charge in [-0.15, -0.1) is 0 Å². The Balaban J connectivity index is 1.40. The van der Waals surface area contributed by atoms with Crippen LogP contribution in [0.25, 0.3) is 22.3 Å². The summed E-state index contributed by atoms with van der Waals surface area (Å²) in [4.78, 5) is 35.2. The molecule has 2 amide bonds. The van der Waals surface area contributed by atoms with Gasteiger partial charge < -0.3 is 16.0 Å². The molecule has 1 aliphatic rings. The van der Waals surface area contributed by atoms with E-state index in [4.69, 9.17) is 16.1 Å². The van der Waals surface area contributed by atoms with Crippen molar-refractivity contribution in [3.05, 3.63) is 78.1 Å². The molecule has 1 fully saturated rings. The molecule has 0 radical (unpaired) electrons. The summed E-state index contributed by atoms with van der Waals surface area (Å²) in [7, 11) is 0. The van der Waals surface area contributed by atoms with E-state index >= 15 is 0 Å². The fraction of sp³-hybridized carbons (Fsp3) is 0.214. The van der Waals surface area contributed by atoms with E-state index in [0.29, 0.717) is 47.5 Å². The largest absolute Gasteiger partial charge is 0.416 e. The lowest BCUT2D eigenvalue weighted by Gasteiger charge is -2.32. The van der Waals surface area contributed by atoms with Crippen molar-refractivity contribution in [3.63, 3.8) is 0 Å². The highest BCUT2D eigenvalue weighted by atomic mass is 19.4. The van der Waals surface area contributed by atoms with Gasteiger partial charge in [-0.05, 0) is 49.2 Å². The predicted molar refractivity (Wildman–Crippen MR) is 144 cm³/mol. The van der Waals surface area contributed by atoms with Gasteiger partial charge in [0.1, 0.15) is 29.5 Å². The summed E-state index contributed by atoms with van der Waals surface area (Å²) < 4.78 is 40.2. The Hall–Kier alpha value is -5.25. The van der Waals surface area contributed by atoms with Crippen LogP contribution in [-0.4, -0.2) is 49.6 Å². The number of nitrogens with two attached hydrogens (primary N) is 1. The molecule has 2 aromatic heterocycles. The summed E-state index contributed by atoms with van der Waals surface area (Å²) in [5, 5.41) is 17.1. The minimum absolute atomic E-state index is 0.0788. The number of anilines is 2. The summed E-state index contributed by atoms with van der Waals surface area (Å²) in [5.41, 5.74) is 7.41. The quantitative estimate of drug-likeness (QED) is 0.268. The molecule has 5 rings (SSSR count). The first-order valence-electron chi connectivity index (χ1n) is 12.5. The molecule has 0 spiro atoms. The van der Waals surface area contributed by atoms with Gasteiger partial charge in [0.05, 0.1) is 17.0 Å². The van der Waals surface area contributed by atoms with Crippen LogP contribution in [-0.2, 0) is 11.0 Å². The Morgan fingerprint density at radius 3 is 2.46 bits per heavy atom. The molecule has 0 saturated carbocycles. The summed E-state index contributed by atoms with van der Waals surface area (Å²) in [6, 6.07) is 12.2. The molecular formula is C28H23F3N8O2. The zero-order valence-corrected chi connectivity index (χ0v) is 21.5. The van der Waals surface area contributed by atoms with Crippen molar-refractivity contribution >= 4 is 34.4 Å². The normalized spacial score (nSPS) is 15.4. The van der Waals surface area contributed by atoms with Gasteiger partial charge in [0.25, 0.3) is 11.8 Å². The number of halogens is 3. The maximum absolute atomic E-state index is 12.8. The van der Waals surface area contributed by atoms with Crippen LogP contribution in [0.3, 0.4) is 0 Å². The van der Waals surface area contributed by atoms with Crippen LogP contribution in [0.2, 0.25) is 0 Å². The number of rotatable bonds is 5. The first-order valence-corrected chi connectivity index (χ1v) is 12.5. The number of nitrogens with one attached hydrogen (secondary N) is 1. The number of aromatic nitrogens is 4. The second-order valence-electron chi connectivity index (χ2n) is 9.49. The number of carbonyl (C=O) groups excluding carboxylic acids is 2. The number of hydrogen-bond donors (Lipinski definition) is 2. The molecular weight excluding hydrogens is 537 g/mol. The summed E-state index contributed by atoms with van der Waals surface area (Å²) in [6.07, 6.45) is -1.74. The molecule has 3 N–H and O–H groups in total. The van der Waals surface area contributed by atoms with Gasteiger partial charge >= 0.3 is 6.18 Å². The topological polar surface area (TPSA) is 143 Å². The Morgan fingerprint density at radius 1 is 1.10 bits per heavy atom. The van der Waals surface area contributed by atoms with Crippen molar-refractivity contribution in [2.45, 2.75) is 25.1 Å². The van der Waals surface area contributed by atoms with Crippen molar-refractivity contribution in [1.29, 1.82) is 5.26 Å². The number of benzene rings is 2. The number of nitrogen functional groups attached to an aromatic ring is 1. The Morgan fingerprint density at radius 2 is 1.80 bits per heavy atom. The lowest BCUT2D eigenvalue weighted by atomic mass is 10.0. The van der Waals surface area contributed by atoms with Gasteiger partial charge in [-0.3, -0.25) is 9.59 Å². The molecule has 4 aromatic rings. The van der Waals surface area contributed by atoms with Crippen LogP contribution >= 0.6 is 0 Å². The van der Waals surface area contributed by atoms with Gasteiger partial charge in [-0.2, -0.15) is 23.5 Å². The molecule has 1 aliphatic heterocycles. The maximum Gasteiger partial charge on any atom is 0.416 e. The molecule has 1 unspecified atom stereocenters. The molecule has 0 aliphatic carbocycles. The van der Waals surface area contributed by atoms with Crippen molar-refractivity contribution in [2.75, 3.05) is 24.1 Å². The third kappa shape index (κ3) is 5.44. The first-order chi connectivity index (χ1) is 19.6.